The van der Waals surface area contributed by atoms with Crippen molar-refractivity contribution < 1.29 is 67.2 Å². The smallest absolute Gasteiger partial charge is 0.328 e. The van der Waals surface area contributed by atoms with Crippen molar-refractivity contribution in [2.45, 2.75) is 176 Å². The van der Waals surface area contributed by atoms with Gasteiger partial charge >= 0.3 is 11.9 Å². The molecule has 0 aliphatic heterocycles. The van der Waals surface area contributed by atoms with E-state index in [0.717, 1.165) is 10.8 Å². The van der Waals surface area contributed by atoms with E-state index in [1.165, 1.54) is 19.2 Å². The quantitative estimate of drug-likeness (QED) is 0.0287. The number of carbonyl (C=O) groups is 9. The highest BCUT2D eigenvalue weighted by Crippen LogP contribution is 2.26. The highest BCUT2D eigenvalue weighted by molar-refractivity contribution is 5.95. The van der Waals surface area contributed by atoms with Crippen LogP contribution in [0.3, 0.4) is 0 Å². The number of hydrogen-bond donors (Lipinski definition) is 8. The van der Waals surface area contributed by atoms with Crippen molar-refractivity contribution in [3.05, 3.63) is 66.2 Å². The lowest BCUT2D eigenvalue weighted by molar-refractivity contribution is -0.155. The molecule has 21 nitrogen and oxygen atoms in total. The van der Waals surface area contributed by atoms with Gasteiger partial charge in [-0.05, 0) is 129 Å². The van der Waals surface area contributed by atoms with E-state index in [0.29, 0.717) is 29.9 Å². The molecule has 3 aromatic rings. The molecule has 21 heteroatoms. The molecule has 6 atom stereocenters. The van der Waals surface area contributed by atoms with Gasteiger partial charge in [-0.2, -0.15) is 0 Å². The topological polar surface area (TPSA) is 309 Å². The number of esters is 2. The molecule has 0 aliphatic rings. The van der Waals surface area contributed by atoms with E-state index in [9.17, 15) is 48.3 Å². The Morgan fingerprint density at radius 3 is 1.54 bits per heavy atom. The molecule has 0 fully saturated rings. The molecule has 3 rings (SSSR count). The zero-order chi connectivity index (χ0) is 59.9. The molecule has 7 amide bonds. The second-order valence-corrected chi connectivity index (χ2v) is 22.6. The minimum absolute atomic E-state index is 0.00159. The van der Waals surface area contributed by atoms with Crippen LogP contribution in [-0.4, -0.2) is 121 Å². The number of phenolic OH excluding ortho intramolecular Hbond substituents is 1. The van der Waals surface area contributed by atoms with Gasteiger partial charge in [-0.15, -0.1) is 0 Å². The van der Waals surface area contributed by atoms with E-state index < -0.39 is 89.2 Å². The third-order valence-corrected chi connectivity index (χ3v) is 12.5. The maximum absolute atomic E-state index is 14.0. The second kappa shape index (κ2) is 32.6. The Balaban J connectivity index is 1.61. The zero-order valence-electron chi connectivity index (χ0n) is 48.7. The summed E-state index contributed by atoms with van der Waals surface area (Å²) in [6, 6.07) is 10.7. The summed E-state index contributed by atoms with van der Waals surface area (Å²) in [4.78, 5) is 118. The molecule has 0 radical (unpaired) electrons. The van der Waals surface area contributed by atoms with Crippen LogP contribution in [-0.2, 0) is 59.0 Å². The molecular weight excluding hydrogens is 1030 g/mol. The molecule has 9 N–H and O–H groups in total. The molecule has 0 spiro atoms. The first-order valence-corrected chi connectivity index (χ1v) is 27.5. The van der Waals surface area contributed by atoms with Gasteiger partial charge in [0.05, 0.1) is 20.3 Å². The molecule has 0 aliphatic carbocycles. The average molecular weight is 1120 g/mol. The van der Waals surface area contributed by atoms with Gasteiger partial charge in [0.15, 0.2) is 0 Å². The van der Waals surface area contributed by atoms with Crippen molar-refractivity contribution in [3.63, 3.8) is 0 Å². The predicted octanol–water partition coefficient (Wildman–Crippen LogP) is 5.20. The Kier molecular flexibility index (Phi) is 27.2. The standard InChI is InChI=1S/C59H87N7O14/c1-34(2)29-45(53(60)71)63-54(72)44(25-26-50(70)80-59(9,10)11)62-55(73)47(31-38-17-21-41(67)22-18-38)61-48(68)15-13-27-78-42-23-19-39-20-24-43(33-40(39)32-42)79-28-14-16-49(69)65-51(36(5)6)57(75)64-46(30-35(3)4)56(74)66-52(37(7)8)58(76)77-12/h17-24,32-37,44-47,51-52,67H,13-16,25-31H2,1-12H3,(H2,60,71)(H,61,68)(H,62,73)(H,63,72)(H,64,75)(H,65,69)(H,66,74)/t44-,45-,46-,47-,51-,52-/m0/s1. The number of amides is 7. The fourth-order valence-corrected chi connectivity index (χ4v) is 8.38. The van der Waals surface area contributed by atoms with Gasteiger partial charge < -0.3 is 61.7 Å². The summed E-state index contributed by atoms with van der Waals surface area (Å²) in [5.74, 6) is -4.80. The third kappa shape index (κ3) is 24.3. The van der Waals surface area contributed by atoms with Gasteiger partial charge in [0.25, 0.3) is 0 Å². The Bertz CT molecular complexity index is 2560. The van der Waals surface area contributed by atoms with Crippen LogP contribution >= 0.6 is 0 Å². The molecular formula is C59H87N7O14. The highest BCUT2D eigenvalue weighted by atomic mass is 16.6. The number of benzene rings is 3. The lowest BCUT2D eigenvalue weighted by atomic mass is 9.98. The van der Waals surface area contributed by atoms with Crippen molar-refractivity contribution in [3.8, 4) is 17.2 Å². The van der Waals surface area contributed by atoms with Crippen LogP contribution < -0.4 is 47.1 Å². The molecule has 0 heterocycles. The molecule has 3 aromatic carbocycles. The first kappa shape index (κ1) is 66.8. The second-order valence-electron chi connectivity index (χ2n) is 22.6. The fourth-order valence-electron chi connectivity index (χ4n) is 8.38. The number of ether oxygens (including phenoxy) is 4. The zero-order valence-corrected chi connectivity index (χ0v) is 48.7. The summed E-state index contributed by atoms with van der Waals surface area (Å²) in [6.45, 7) is 20.1. The van der Waals surface area contributed by atoms with Gasteiger partial charge in [-0.1, -0.05) is 79.7 Å². The van der Waals surface area contributed by atoms with Crippen LogP contribution in [0.2, 0.25) is 0 Å². The first-order chi connectivity index (χ1) is 37.5. The number of fused-ring (bicyclic) bond motifs is 1. The number of hydrogen-bond acceptors (Lipinski definition) is 14. The van der Waals surface area contributed by atoms with Crippen LogP contribution in [0.15, 0.2) is 60.7 Å². The Labute approximate surface area is 470 Å². The Morgan fingerprint density at radius 2 is 1.04 bits per heavy atom. The van der Waals surface area contributed by atoms with Crippen molar-refractivity contribution in [2.24, 2.45) is 29.4 Å². The molecule has 0 saturated carbocycles. The van der Waals surface area contributed by atoms with Gasteiger partial charge in [-0.25, -0.2) is 4.79 Å². The van der Waals surface area contributed by atoms with E-state index >= 15 is 0 Å². The van der Waals surface area contributed by atoms with Crippen LogP contribution in [0.25, 0.3) is 10.8 Å². The molecule has 0 aromatic heterocycles. The predicted molar refractivity (Wildman–Crippen MR) is 302 cm³/mol. The summed E-state index contributed by atoms with van der Waals surface area (Å²) in [7, 11) is 1.24. The lowest BCUT2D eigenvalue weighted by Gasteiger charge is -2.28. The normalized spacial score (nSPS) is 13.8. The van der Waals surface area contributed by atoms with Crippen molar-refractivity contribution in [1.82, 2.24) is 31.9 Å². The number of nitrogens with two attached hydrogens (primary N) is 1. The summed E-state index contributed by atoms with van der Waals surface area (Å²) in [5, 5.41) is 28.0. The highest BCUT2D eigenvalue weighted by Gasteiger charge is 2.34. The van der Waals surface area contributed by atoms with E-state index in [1.807, 2.05) is 52.0 Å². The number of phenols is 1. The molecule has 0 unspecified atom stereocenters. The van der Waals surface area contributed by atoms with Crippen LogP contribution in [0.5, 0.6) is 17.2 Å². The monoisotopic (exact) mass is 1120 g/mol. The Morgan fingerprint density at radius 1 is 0.550 bits per heavy atom. The number of primary amides is 1. The van der Waals surface area contributed by atoms with Gasteiger partial charge in [0, 0.05) is 25.7 Å². The number of methoxy groups -OCH3 is 1. The lowest BCUT2D eigenvalue weighted by Crippen LogP contribution is -2.57. The maximum atomic E-state index is 14.0. The number of rotatable bonds is 33. The Hall–Kier alpha value is -7.45. The van der Waals surface area contributed by atoms with E-state index in [2.05, 4.69) is 31.9 Å². The van der Waals surface area contributed by atoms with Gasteiger partial charge in [0.1, 0.15) is 59.1 Å². The maximum Gasteiger partial charge on any atom is 0.328 e. The summed E-state index contributed by atoms with van der Waals surface area (Å²) < 4.78 is 22.3. The minimum atomic E-state index is -1.31. The van der Waals surface area contributed by atoms with E-state index in [4.69, 9.17) is 24.7 Å². The summed E-state index contributed by atoms with van der Waals surface area (Å²) >= 11 is 0. The average Bonchev–Trinajstić information content (AvgIpc) is 3.37. The van der Waals surface area contributed by atoms with E-state index in [1.54, 1.807) is 72.7 Å². The summed E-state index contributed by atoms with van der Waals surface area (Å²) in [6.07, 6.45) is 0.709. The molecule has 0 saturated heterocycles. The molecule has 442 valence electrons. The number of nitrogens with one attached hydrogen (secondary N) is 6. The minimum Gasteiger partial charge on any atom is -0.508 e. The van der Waals surface area contributed by atoms with Crippen molar-refractivity contribution in [1.29, 1.82) is 0 Å². The van der Waals surface area contributed by atoms with Gasteiger partial charge in [0.2, 0.25) is 41.4 Å². The summed E-state index contributed by atoms with van der Waals surface area (Å²) in [5.41, 5.74) is 5.38. The van der Waals surface area contributed by atoms with Crippen molar-refractivity contribution in [2.75, 3.05) is 20.3 Å². The fraction of sp³-hybridized carbons (Fsp3) is 0.576. The molecule has 0 bridgehead atoms. The van der Waals surface area contributed by atoms with Crippen LogP contribution in [0.1, 0.15) is 133 Å². The molecule has 80 heavy (non-hydrogen) atoms. The van der Waals surface area contributed by atoms with E-state index in [-0.39, 0.29) is 93.5 Å². The van der Waals surface area contributed by atoms with Crippen LogP contribution in [0, 0.1) is 23.7 Å². The largest absolute Gasteiger partial charge is 0.508 e. The SMILES string of the molecule is COC(=O)[C@@H](NC(=O)[C@H](CC(C)C)NC(=O)[C@@H](NC(=O)CCCOc1ccc2ccc(OCCCC(=O)N[C@@H](Cc3ccc(O)cc3)C(=O)N[C@@H](CCC(=O)OC(C)(C)C)C(=O)N[C@@H](CC(C)C)C(N)=O)cc2c1)C(C)C)C(C)C. The third-order valence-electron chi connectivity index (χ3n) is 12.5. The first-order valence-electron chi connectivity index (χ1n) is 27.5. The number of carbonyl (C=O) groups excluding carboxylic acids is 9. The van der Waals surface area contributed by atoms with Crippen molar-refractivity contribution >= 4 is 64.1 Å². The van der Waals surface area contributed by atoms with Gasteiger partial charge in [-0.3, -0.25) is 38.4 Å². The number of aromatic hydroxyl groups is 1. The van der Waals surface area contributed by atoms with Crippen LogP contribution in [0.4, 0.5) is 0 Å².